The number of hydrogen-bond acceptors (Lipinski definition) is 5. The fourth-order valence-corrected chi connectivity index (χ4v) is 2.88. The first kappa shape index (κ1) is 18.4. The van der Waals surface area contributed by atoms with Crippen LogP contribution in [0.1, 0.15) is 48.0 Å². The fourth-order valence-electron chi connectivity index (χ4n) is 1.52. The Morgan fingerprint density at radius 3 is 2.21 bits per heavy atom. The first-order valence-electron chi connectivity index (χ1n) is 6.66. The lowest BCUT2D eigenvalue weighted by Gasteiger charge is -2.23. The Kier molecular flexibility index (Phi) is 7.00. The smallest absolute Gasteiger partial charge is 0.321 e. The van der Waals surface area contributed by atoms with Gasteiger partial charge in [0.05, 0.1) is 5.25 Å². The van der Waals surface area contributed by atoms with Crippen LogP contribution in [0.15, 0.2) is 0 Å². The summed E-state index contributed by atoms with van der Waals surface area (Å²) in [6.07, 6.45) is 0.934. The molecule has 0 saturated carbocycles. The Bertz CT molecular complexity index is 384. The van der Waals surface area contributed by atoms with Crippen molar-refractivity contribution in [3.63, 3.8) is 0 Å². The zero-order valence-electron chi connectivity index (χ0n) is 12.8. The van der Waals surface area contributed by atoms with Crippen LogP contribution in [0.3, 0.4) is 0 Å². The number of hydrogen-bond donors (Lipinski definition) is 1. The molecule has 0 spiro atoms. The van der Waals surface area contributed by atoms with E-state index in [4.69, 9.17) is 4.74 Å². The van der Waals surface area contributed by atoms with Crippen LogP contribution in [0.5, 0.6) is 0 Å². The molecule has 0 fully saturated rings. The van der Waals surface area contributed by atoms with Crippen LogP contribution in [0.25, 0.3) is 0 Å². The highest BCUT2D eigenvalue weighted by Crippen LogP contribution is 2.12. The van der Waals surface area contributed by atoms with Crippen LogP contribution in [0, 0.1) is 0 Å². The molecule has 5 nitrogen and oxygen atoms in total. The van der Waals surface area contributed by atoms with E-state index in [1.807, 2.05) is 13.8 Å². The Morgan fingerprint density at radius 1 is 1.26 bits per heavy atom. The highest BCUT2D eigenvalue weighted by Gasteiger charge is 2.30. The molecule has 0 aromatic carbocycles. The molecule has 0 aromatic rings. The molecule has 2 atom stereocenters. The third kappa shape index (κ3) is 7.52. The zero-order chi connectivity index (χ0) is 15.3. The monoisotopic (exact) mass is 293 g/mol. The lowest BCUT2D eigenvalue weighted by Crippen LogP contribution is -2.43. The molecular formula is C13H27NO4S. The van der Waals surface area contributed by atoms with Gasteiger partial charge in [0.2, 0.25) is 0 Å². The van der Waals surface area contributed by atoms with Crippen LogP contribution < -0.4 is 5.32 Å². The maximum atomic E-state index is 12.1. The van der Waals surface area contributed by atoms with Crippen molar-refractivity contribution in [1.29, 1.82) is 0 Å². The molecule has 1 N–H and O–H groups in total. The van der Waals surface area contributed by atoms with Gasteiger partial charge in [-0.1, -0.05) is 6.92 Å². The molecule has 0 aliphatic rings. The Morgan fingerprint density at radius 2 is 1.79 bits per heavy atom. The summed E-state index contributed by atoms with van der Waals surface area (Å²) >= 11 is 0. The number of rotatable bonds is 7. The molecule has 0 heterocycles. The second kappa shape index (κ2) is 7.24. The van der Waals surface area contributed by atoms with Crippen LogP contribution >= 0.6 is 0 Å². The van der Waals surface area contributed by atoms with E-state index in [0.29, 0.717) is 0 Å². The van der Waals surface area contributed by atoms with Crippen molar-refractivity contribution in [2.75, 3.05) is 12.3 Å². The van der Waals surface area contributed by atoms with E-state index in [1.54, 1.807) is 27.7 Å². The first-order chi connectivity index (χ1) is 8.49. The number of sulfone groups is 1. The van der Waals surface area contributed by atoms with Crippen molar-refractivity contribution in [3.8, 4) is 0 Å². The molecule has 0 radical (unpaired) electrons. The SMILES string of the molecule is CCCNC(C)C(C)S(=O)(=O)CC(=O)OC(C)(C)C. The molecule has 0 amide bonds. The standard InChI is InChI=1S/C13H27NO4S/c1-7-8-14-10(2)11(3)19(16,17)9-12(15)18-13(4,5)6/h10-11,14H,7-9H2,1-6H3. The van der Waals surface area contributed by atoms with Gasteiger partial charge in [-0.25, -0.2) is 8.42 Å². The van der Waals surface area contributed by atoms with Gasteiger partial charge in [-0.2, -0.15) is 0 Å². The van der Waals surface area contributed by atoms with Crippen LogP contribution in [0.2, 0.25) is 0 Å². The summed E-state index contributed by atoms with van der Waals surface area (Å²) in [5.41, 5.74) is -0.665. The van der Waals surface area contributed by atoms with Gasteiger partial charge in [-0.15, -0.1) is 0 Å². The van der Waals surface area contributed by atoms with Crippen LogP contribution in [-0.4, -0.2) is 43.6 Å². The topological polar surface area (TPSA) is 72.5 Å². The largest absolute Gasteiger partial charge is 0.459 e. The summed E-state index contributed by atoms with van der Waals surface area (Å²) < 4.78 is 29.2. The molecule has 0 saturated heterocycles. The van der Waals surface area contributed by atoms with E-state index in [0.717, 1.165) is 13.0 Å². The summed E-state index contributed by atoms with van der Waals surface area (Å²) in [4.78, 5) is 11.6. The van der Waals surface area contributed by atoms with Crippen molar-refractivity contribution in [3.05, 3.63) is 0 Å². The van der Waals surface area contributed by atoms with Gasteiger partial charge in [0.15, 0.2) is 9.84 Å². The lowest BCUT2D eigenvalue weighted by atomic mass is 10.2. The predicted octanol–water partition coefficient (Wildman–Crippen LogP) is 1.52. The average Bonchev–Trinajstić information content (AvgIpc) is 2.20. The number of carbonyl (C=O) groups is 1. The van der Waals surface area contributed by atoms with Gasteiger partial charge < -0.3 is 10.1 Å². The van der Waals surface area contributed by atoms with E-state index in [2.05, 4.69) is 5.32 Å². The second-order valence-corrected chi connectivity index (χ2v) is 8.20. The molecule has 0 aromatic heterocycles. The zero-order valence-corrected chi connectivity index (χ0v) is 13.6. The Hall–Kier alpha value is -0.620. The number of esters is 1. The maximum Gasteiger partial charge on any atom is 0.321 e. The van der Waals surface area contributed by atoms with E-state index in [1.165, 1.54) is 0 Å². The minimum Gasteiger partial charge on any atom is -0.459 e. The van der Waals surface area contributed by atoms with Crippen LogP contribution in [-0.2, 0) is 19.4 Å². The number of ether oxygens (including phenoxy) is 1. The second-order valence-electron chi connectivity index (χ2n) is 5.84. The van der Waals surface area contributed by atoms with Gasteiger partial charge in [0.25, 0.3) is 0 Å². The number of nitrogens with one attached hydrogen (secondary N) is 1. The third-order valence-corrected chi connectivity index (χ3v) is 4.91. The first-order valence-corrected chi connectivity index (χ1v) is 8.38. The summed E-state index contributed by atoms with van der Waals surface area (Å²) in [6, 6.07) is -0.188. The fraction of sp³-hybridized carbons (Fsp3) is 0.923. The maximum absolute atomic E-state index is 12.1. The van der Waals surface area contributed by atoms with Gasteiger partial charge in [0, 0.05) is 6.04 Å². The minimum atomic E-state index is -3.50. The molecule has 0 rings (SSSR count). The Balaban J connectivity index is 4.57. The summed E-state index contributed by atoms with van der Waals surface area (Å²) in [6.45, 7) is 11.3. The molecule has 0 aliphatic carbocycles. The predicted molar refractivity (Wildman–Crippen MR) is 76.8 cm³/mol. The van der Waals surface area contributed by atoms with Gasteiger partial charge in [-0.3, -0.25) is 4.79 Å². The van der Waals surface area contributed by atoms with Crippen molar-refractivity contribution in [1.82, 2.24) is 5.32 Å². The summed E-state index contributed by atoms with van der Waals surface area (Å²) in [5.74, 6) is -1.26. The van der Waals surface area contributed by atoms with E-state index >= 15 is 0 Å². The third-order valence-electron chi connectivity index (χ3n) is 2.73. The molecule has 19 heavy (non-hydrogen) atoms. The highest BCUT2D eigenvalue weighted by molar-refractivity contribution is 7.92. The highest BCUT2D eigenvalue weighted by atomic mass is 32.2. The minimum absolute atomic E-state index is 0.188. The molecule has 0 aliphatic heterocycles. The van der Waals surface area contributed by atoms with Gasteiger partial charge >= 0.3 is 5.97 Å². The quantitative estimate of drug-likeness (QED) is 0.721. The Labute approximate surface area is 117 Å². The molecule has 2 unspecified atom stereocenters. The van der Waals surface area contributed by atoms with E-state index < -0.39 is 32.4 Å². The van der Waals surface area contributed by atoms with Crippen molar-refractivity contribution >= 4 is 15.8 Å². The van der Waals surface area contributed by atoms with Crippen molar-refractivity contribution in [2.24, 2.45) is 0 Å². The van der Waals surface area contributed by atoms with Crippen molar-refractivity contribution < 1.29 is 17.9 Å². The molecule has 6 heteroatoms. The van der Waals surface area contributed by atoms with E-state index in [-0.39, 0.29) is 6.04 Å². The summed E-state index contributed by atoms with van der Waals surface area (Å²) in [5, 5.41) is 2.51. The number of carbonyl (C=O) groups excluding carboxylic acids is 1. The molecule has 0 bridgehead atoms. The lowest BCUT2D eigenvalue weighted by molar-refractivity contribution is -0.151. The molecule has 114 valence electrons. The van der Waals surface area contributed by atoms with E-state index in [9.17, 15) is 13.2 Å². The summed E-state index contributed by atoms with van der Waals surface area (Å²) in [7, 11) is -3.50. The van der Waals surface area contributed by atoms with Crippen molar-refractivity contribution in [2.45, 2.75) is 64.9 Å². The van der Waals surface area contributed by atoms with Gasteiger partial charge in [-0.05, 0) is 47.6 Å². The average molecular weight is 293 g/mol. The molecular weight excluding hydrogens is 266 g/mol. The van der Waals surface area contributed by atoms with Gasteiger partial charge in [0.1, 0.15) is 11.4 Å². The van der Waals surface area contributed by atoms with Crippen LogP contribution in [0.4, 0.5) is 0 Å². The normalized spacial score (nSPS) is 15.9.